The van der Waals surface area contributed by atoms with Gasteiger partial charge in [0.05, 0.1) is 0 Å². The smallest absolute Gasteiger partial charge is 0.120 e. The van der Waals surface area contributed by atoms with E-state index in [4.69, 9.17) is 16.3 Å². The molecule has 1 aliphatic heterocycles. The lowest BCUT2D eigenvalue weighted by molar-refractivity contribution is 0.109. The summed E-state index contributed by atoms with van der Waals surface area (Å²) >= 11 is 5.93. The molecule has 4 heteroatoms. The van der Waals surface area contributed by atoms with Gasteiger partial charge in [0.2, 0.25) is 0 Å². The second kappa shape index (κ2) is 7.87. The topological polar surface area (TPSA) is 15.7 Å². The zero-order valence-electron chi connectivity index (χ0n) is 12.5. The summed E-state index contributed by atoms with van der Waals surface area (Å²) in [6, 6.07) is 7.60. The Kier molecular flexibility index (Phi) is 6.14. The Morgan fingerprint density at radius 2 is 1.85 bits per heavy atom. The predicted molar refractivity (Wildman–Crippen MR) is 84.7 cm³/mol. The van der Waals surface area contributed by atoms with E-state index in [1.165, 1.54) is 19.6 Å². The van der Waals surface area contributed by atoms with Crippen molar-refractivity contribution in [2.45, 2.75) is 13.8 Å². The van der Waals surface area contributed by atoms with E-state index in [2.05, 4.69) is 23.6 Å². The minimum atomic E-state index is 0.727. The van der Waals surface area contributed by atoms with Gasteiger partial charge in [0.15, 0.2) is 0 Å². The van der Waals surface area contributed by atoms with Crippen molar-refractivity contribution in [2.24, 2.45) is 5.92 Å². The molecule has 0 amide bonds. The van der Waals surface area contributed by atoms with Crippen molar-refractivity contribution in [1.82, 2.24) is 9.80 Å². The number of piperazine rings is 1. The number of halogens is 1. The lowest BCUT2D eigenvalue weighted by Crippen LogP contribution is -2.48. The molecule has 0 N–H and O–H groups in total. The van der Waals surface area contributed by atoms with Gasteiger partial charge in [-0.2, -0.15) is 0 Å². The quantitative estimate of drug-likeness (QED) is 0.803. The molecule has 0 aliphatic carbocycles. The van der Waals surface area contributed by atoms with Gasteiger partial charge >= 0.3 is 0 Å². The van der Waals surface area contributed by atoms with E-state index in [1.54, 1.807) is 0 Å². The highest BCUT2D eigenvalue weighted by atomic mass is 35.5. The van der Waals surface area contributed by atoms with Crippen molar-refractivity contribution in [3.8, 4) is 5.75 Å². The molecule has 0 saturated carbocycles. The van der Waals surface area contributed by atoms with Crippen molar-refractivity contribution < 1.29 is 4.74 Å². The third-order valence-electron chi connectivity index (χ3n) is 3.56. The summed E-state index contributed by atoms with van der Waals surface area (Å²) in [5.74, 6) is 1.61. The summed E-state index contributed by atoms with van der Waals surface area (Å²) in [6.07, 6.45) is 0. The minimum Gasteiger partial charge on any atom is -0.492 e. The highest BCUT2D eigenvalue weighted by Crippen LogP contribution is 2.17. The van der Waals surface area contributed by atoms with Crippen LogP contribution >= 0.6 is 11.6 Å². The van der Waals surface area contributed by atoms with Crippen LogP contribution in [0.4, 0.5) is 0 Å². The van der Waals surface area contributed by atoms with Crippen LogP contribution in [0.3, 0.4) is 0 Å². The second-order valence-electron chi connectivity index (χ2n) is 5.84. The van der Waals surface area contributed by atoms with Gasteiger partial charge in [-0.25, -0.2) is 0 Å². The van der Waals surface area contributed by atoms with E-state index in [0.717, 1.165) is 42.9 Å². The van der Waals surface area contributed by atoms with E-state index in [1.807, 2.05) is 24.3 Å². The Morgan fingerprint density at radius 1 is 1.15 bits per heavy atom. The van der Waals surface area contributed by atoms with Gasteiger partial charge in [-0.05, 0) is 24.1 Å². The maximum atomic E-state index is 5.93. The van der Waals surface area contributed by atoms with Crippen LogP contribution in [0.25, 0.3) is 0 Å². The van der Waals surface area contributed by atoms with Crippen LogP contribution in [0.15, 0.2) is 24.3 Å². The Labute approximate surface area is 127 Å². The first-order chi connectivity index (χ1) is 9.63. The van der Waals surface area contributed by atoms with Crippen LogP contribution < -0.4 is 4.74 Å². The largest absolute Gasteiger partial charge is 0.492 e. The number of nitrogens with zero attached hydrogens (tertiary/aromatic N) is 2. The summed E-state index contributed by atoms with van der Waals surface area (Å²) in [6.45, 7) is 12.1. The Balaban J connectivity index is 1.64. The van der Waals surface area contributed by atoms with Crippen molar-refractivity contribution in [3.63, 3.8) is 0 Å². The molecule has 0 atom stereocenters. The first kappa shape index (κ1) is 15.6. The molecule has 1 heterocycles. The summed E-state index contributed by atoms with van der Waals surface area (Å²) in [5.41, 5.74) is 0. The molecule has 2 rings (SSSR count). The highest BCUT2D eigenvalue weighted by Gasteiger charge is 2.16. The molecule has 1 aliphatic rings. The molecule has 0 aromatic heterocycles. The number of ether oxygens (including phenoxy) is 1. The third kappa shape index (κ3) is 5.31. The van der Waals surface area contributed by atoms with Crippen LogP contribution in [0, 0.1) is 5.92 Å². The van der Waals surface area contributed by atoms with Crippen LogP contribution in [-0.4, -0.2) is 55.7 Å². The van der Waals surface area contributed by atoms with Gasteiger partial charge in [0.1, 0.15) is 12.4 Å². The molecular formula is C16H25ClN2O. The van der Waals surface area contributed by atoms with Crippen LogP contribution in [0.1, 0.15) is 13.8 Å². The van der Waals surface area contributed by atoms with Crippen LogP contribution in [0.5, 0.6) is 5.75 Å². The highest BCUT2D eigenvalue weighted by molar-refractivity contribution is 6.30. The monoisotopic (exact) mass is 296 g/mol. The first-order valence-corrected chi connectivity index (χ1v) is 7.84. The molecule has 20 heavy (non-hydrogen) atoms. The Hall–Kier alpha value is -0.770. The van der Waals surface area contributed by atoms with Crippen LogP contribution in [0.2, 0.25) is 5.02 Å². The van der Waals surface area contributed by atoms with Crippen molar-refractivity contribution >= 4 is 11.6 Å². The molecule has 1 aromatic rings. The molecule has 0 unspecified atom stereocenters. The Bertz CT molecular complexity index is 403. The number of benzene rings is 1. The van der Waals surface area contributed by atoms with Gasteiger partial charge < -0.3 is 9.64 Å². The lowest BCUT2D eigenvalue weighted by Gasteiger charge is -2.35. The summed E-state index contributed by atoms with van der Waals surface area (Å²) in [4.78, 5) is 5.03. The molecule has 0 bridgehead atoms. The molecule has 1 aromatic carbocycles. The van der Waals surface area contributed by atoms with Gasteiger partial charge in [-0.1, -0.05) is 31.5 Å². The number of hydrogen-bond acceptors (Lipinski definition) is 3. The molecule has 0 radical (unpaired) electrons. The van der Waals surface area contributed by atoms with Gasteiger partial charge in [0, 0.05) is 44.3 Å². The fraction of sp³-hybridized carbons (Fsp3) is 0.625. The molecule has 3 nitrogen and oxygen atoms in total. The standard InChI is InChI=1S/C16H25ClN2O/c1-14(2)13-19-8-6-18(7-9-19)10-11-20-16-5-3-4-15(17)12-16/h3-5,12,14H,6-11,13H2,1-2H3. The van der Waals surface area contributed by atoms with Gasteiger partial charge in [-0.3, -0.25) is 4.90 Å². The summed E-state index contributed by atoms with van der Waals surface area (Å²) < 4.78 is 5.74. The fourth-order valence-corrected chi connectivity index (χ4v) is 2.74. The number of hydrogen-bond donors (Lipinski definition) is 0. The number of rotatable bonds is 6. The summed E-state index contributed by atoms with van der Waals surface area (Å²) in [5, 5.41) is 0.727. The van der Waals surface area contributed by atoms with E-state index in [-0.39, 0.29) is 0 Å². The first-order valence-electron chi connectivity index (χ1n) is 7.46. The molecule has 112 valence electrons. The van der Waals surface area contributed by atoms with E-state index < -0.39 is 0 Å². The maximum Gasteiger partial charge on any atom is 0.120 e. The molecular weight excluding hydrogens is 272 g/mol. The van der Waals surface area contributed by atoms with Crippen LogP contribution in [-0.2, 0) is 0 Å². The third-order valence-corrected chi connectivity index (χ3v) is 3.80. The maximum absolute atomic E-state index is 5.93. The van der Waals surface area contributed by atoms with Gasteiger partial charge in [-0.15, -0.1) is 0 Å². The SMILES string of the molecule is CC(C)CN1CCN(CCOc2cccc(Cl)c2)CC1. The molecule has 0 spiro atoms. The minimum absolute atomic E-state index is 0.727. The average Bonchev–Trinajstić information content (AvgIpc) is 2.40. The van der Waals surface area contributed by atoms with Crippen molar-refractivity contribution in [3.05, 3.63) is 29.3 Å². The van der Waals surface area contributed by atoms with E-state index in [9.17, 15) is 0 Å². The van der Waals surface area contributed by atoms with Gasteiger partial charge in [0.25, 0.3) is 0 Å². The average molecular weight is 297 g/mol. The molecule has 1 saturated heterocycles. The van der Waals surface area contributed by atoms with E-state index >= 15 is 0 Å². The van der Waals surface area contributed by atoms with E-state index in [0.29, 0.717) is 0 Å². The summed E-state index contributed by atoms with van der Waals surface area (Å²) in [7, 11) is 0. The zero-order valence-corrected chi connectivity index (χ0v) is 13.3. The zero-order chi connectivity index (χ0) is 14.4. The fourth-order valence-electron chi connectivity index (χ4n) is 2.56. The molecule has 1 fully saturated rings. The Morgan fingerprint density at radius 3 is 2.50 bits per heavy atom. The van der Waals surface area contributed by atoms with Crippen molar-refractivity contribution in [2.75, 3.05) is 45.9 Å². The predicted octanol–water partition coefficient (Wildman–Crippen LogP) is 2.99. The normalized spacial score (nSPS) is 17.6. The lowest BCUT2D eigenvalue weighted by atomic mass is 10.2. The van der Waals surface area contributed by atoms with Crippen molar-refractivity contribution in [1.29, 1.82) is 0 Å². The second-order valence-corrected chi connectivity index (χ2v) is 6.28.